The molecule has 2 aliphatic rings. The molecule has 0 aliphatic carbocycles. The Hall–Kier alpha value is -2.15. The first-order valence-corrected chi connectivity index (χ1v) is 11.5. The second kappa shape index (κ2) is 10.8. The predicted molar refractivity (Wildman–Crippen MR) is 118 cm³/mol. The van der Waals surface area contributed by atoms with Crippen LogP contribution in [0.15, 0.2) is 12.1 Å². The molecule has 0 bridgehead atoms. The van der Waals surface area contributed by atoms with E-state index in [2.05, 4.69) is 36.2 Å². The van der Waals surface area contributed by atoms with Crippen molar-refractivity contribution in [2.24, 2.45) is 0 Å². The zero-order chi connectivity index (χ0) is 21.5. The number of unbranched alkanes of at least 4 members (excludes halogenated alkanes) is 1. The first kappa shape index (κ1) is 22.5. The van der Waals surface area contributed by atoms with Gasteiger partial charge in [0.2, 0.25) is 5.91 Å². The Bertz CT molecular complexity index is 725. The molecular formula is C23H36N4O3. The van der Waals surface area contributed by atoms with Gasteiger partial charge in [0.25, 0.3) is 0 Å². The van der Waals surface area contributed by atoms with Crippen molar-refractivity contribution < 1.29 is 14.7 Å². The molecule has 1 saturated heterocycles. The van der Waals surface area contributed by atoms with Crippen molar-refractivity contribution in [3.05, 3.63) is 23.4 Å². The molecule has 2 aliphatic heterocycles. The molecule has 0 radical (unpaired) electrons. The van der Waals surface area contributed by atoms with Crippen LogP contribution < -0.4 is 5.32 Å². The van der Waals surface area contributed by atoms with Crippen molar-refractivity contribution in [3.8, 4) is 0 Å². The van der Waals surface area contributed by atoms with Crippen LogP contribution in [0.1, 0.15) is 63.6 Å². The summed E-state index contributed by atoms with van der Waals surface area (Å²) in [4.78, 5) is 32.8. The largest absolute Gasteiger partial charge is 0.480 e. The fourth-order valence-electron chi connectivity index (χ4n) is 4.68. The van der Waals surface area contributed by atoms with Gasteiger partial charge in [0, 0.05) is 43.8 Å². The first-order chi connectivity index (χ1) is 14.5. The average molecular weight is 417 g/mol. The minimum Gasteiger partial charge on any atom is -0.480 e. The summed E-state index contributed by atoms with van der Waals surface area (Å²) in [5, 5.41) is 12.6. The van der Waals surface area contributed by atoms with E-state index in [0.717, 1.165) is 56.6 Å². The lowest BCUT2D eigenvalue weighted by Crippen LogP contribution is -2.60. The number of carbonyl (C=O) groups excluding carboxylic acids is 1. The molecule has 2 N–H and O–H groups in total. The number of hydrogen-bond donors (Lipinski definition) is 2. The summed E-state index contributed by atoms with van der Waals surface area (Å²) in [7, 11) is 0. The van der Waals surface area contributed by atoms with Crippen LogP contribution in [0.2, 0.25) is 0 Å². The Labute approximate surface area is 179 Å². The summed E-state index contributed by atoms with van der Waals surface area (Å²) < 4.78 is 0. The number of aromatic nitrogens is 1. The third-order valence-electron chi connectivity index (χ3n) is 6.44. The Morgan fingerprint density at radius 2 is 1.90 bits per heavy atom. The summed E-state index contributed by atoms with van der Waals surface area (Å²) in [6, 6.07) is 4.54. The molecule has 0 aromatic carbocycles. The molecule has 1 fully saturated rings. The van der Waals surface area contributed by atoms with Crippen LogP contribution in [0.25, 0.3) is 0 Å². The van der Waals surface area contributed by atoms with Gasteiger partial charge in [-0.15, -0.1) is 0 Å². The van der Waals surface area contributed by atoms with E-state index in [0.29, 0.717) is 19.5 Å². The van der Waals surface area contributed by atoms with E-state index in [9.17, 15) is 14.7 Å². The second-order valence-electron chi connectivity index (χ2n) is 8.54. The van der Waals surface area contributed by atoms with E-state index in [-0.39, 0.29) is 24.5 Å². The Balaban J connectivity index is 1.47. The third-order valence-corrected chi connectivity index (χ3v) is 6.44. The highest BCUT2D eigenvalue weighted by molar-refractivity contribution is 5.76. The Morgan fingerprint density at radius 3 is 2.57 bits per heavy atom. The van der Waals surface area contributed by atoms with E-state index >= 15 is 0 Å². The molecule has 1 amide bonds. The minimum atomic E-state index is -0.794. The fourth-order valence-corrected chi connectivity index (χ4v) is 4.68. The van der Waals surface area contributed by atoms with Gasteiger partial charge in [-0.25, -0.2) is 4.98 Å². The van der Waals surface area contributed by atoms with Crippen molar-refractivity contribution in [3.63, 3.8) is 0 Å². The molecule has 3 rings (SSSR count). The van der Waals surface area contributed by atoms with Crippen LogP contribution in [0.3, 0.4) is 0 Å². The van der Waals surface area contributed by atoms with Crippen LogP contribution in [0.4, 0.5) is 5.82 Å². The molecule has 30 heavy (non-hydrogen) atoms. The maximum absolute atomic E-state index is 12.8. The molecule has 0 spiro atoms. The number of piperazine rings is 1. The van der Waals surface area contributed by atoms with Gasteiger partial charge >= 0.3 is 5.97 Å². The van der Waals surface area contributed by atoms with Crippen molar-refractivity contribution in [1.82, 2.24) is 14.8 Å². The van der Waals surface area contributed by atoms with Crippen molar-refractivity contribution >= 4 is 17.7 Å². The van der Waals surface area contributed by atoms with Crippen LogP contribution in [-0.4, -0.2) is 70.0 Å². The maximum atomic E-state index is 12.8. The summed E-state index contributed by atoms with van der Waals surface area (Å²) in [5.74, 6) is 0.435. The maximum Gasteiger partial charge on any atom is 0.317 e. The standard InChI is InChI=1S/C23H36N4O3/c1-3-19-14-26(15-20(4-2)27(19)16-22(29)30)21(28)10-6-5-9-18-12-11-17-8-7-13-24-23(17)25-18/h11-12,19-20H,3-10,13-16H2,1-2H3,(H,24,25)(H,29,30). The smallest absolute Gasteiger partial charge is 0.317 e. The SMILES string of the molecule is CCC1CN(C(=O)CCCCc2ccc3c(n2)NCCC3)CC(CC)N1CC(=O)O. The van der Waals surface area contributed by atoms with Crippen LogP contribution >= 0.6 is 0 Å². The van der Waals surface area contributed by atoms with Gasteiger partial charge < -0.3 is 15.3 Å². The topological polar surface area (TPSA) is 85.8 Å². The number of nitrogens with zero attached hydrogens (tertiary/aromatic N) is 3. The first-order valence-electron chi connectivity index (χ1n) is 11.5. The summed E-state index contributed by atoms with van der Waals surface area (Å²) >= 11 is 0. The molecule has 0 saturated carbocycles. The lowest BCUT2D eigenvalue weighted by molar-refractivity contribution is -0.143. The monoisotopic (exact) mass is 416 g/mol. The minimum absolute atomic E-state index is 0.0572. The van der Waals surface area contributed by atoms with Gasteiger partial charge in [0.05, 0.1) is 6.54 Å². The zero-order valence-corrected chi connectivity index (χ0v) is 18.4. The second-order valence-corrected chi connectivity index (χ2v) is 8.54. The number of aryl methyl sites for hydroxylation is 2. The predicted octanol–water partition coefficient (Wildman–Crippen LogP) is 2.94. The molecule has 3 heterocycles. The molecule has 1 aromatic rings. The quantitative estimate of drug-likeness (QED) is 0.602. The molecule has 2 atom stereocenters. The molecule has 7 nitrogen and oxygen atoms in total. The van der Waals surface area contributed by atoms with Gasteiger partial charge in [-0.05, 0) is 56.6 Å². The van der Waals surface area contributed by atoms with Crippen molar-refractivity contribution in [2.45, 2.75) is 77.3 Å². The highest BCUT2D eigenvalue weighted by Gasteiger charge is 2.35. The van der Waals surface area contributed by atoms with Gasteiger partial charge in [0.15, 0.2) is 0 Å². The number of fused-ring (bicyclic) bond motifs is 1. The van der Waals surface area contributed by atoms with E-state index in [1.54, 1.807) is 0 Å². The molecule has 7 heteroatoms. The number of pyridine rings is 1. The Kier molecular flexibility index (Phi) is 8.08. The van der Waals surface area contributed by atoms with Crippen LogP contribution in [-0.2, 0) is 22.4 Å². The molecular weight excluding hydrogens is 380 g/mol. The van der Waals surface area contributed by atoms with Crippen molar-refractivity contribution in [1.29, 1.82) is 0 Å². The third kappa shape index (κ3) is 5.72. The van der Waals surface area contributed by atoms with E-state index in [4.69, 9.17) is 4.98 Å². The number of aliphatic carboxylic acids is 1. The van der Waals surface area contributed by atoms with E-state index in [1.807, 2.05) is 4.90 Å². The summed E-state index contributed by atoms with van der Waals surface area (Å²) in [5.41, 5.74) is 2.40. The van der Waals surface area contributed by atoms with E-state index < -0.39 is 5.97 Å². The normalized spacial score (nSPS) is 21.7. The highest BCUT2D eigenvalue weighted by Crippen LogP contribution is 2.22. The Morgan fingerprint density at radius 1 is 1.17 bits per heavy atom. The van der Waals surface area contributed by atoms with Gasteiger partial charge in [-0.2, -0.15) is 0 Å². The number of nitrogens with one attached hydrogen (secondary N) is 1. The number of rotatable bonds is 9. The number of carboxylic acids is 1. The van der Waals surface area contributed by atoms with Gasteiger partial charge in [-0.1, -0.05) is 19.9 Å². The van der Waals surface area contributed by atoms with Gasteiger partial charge in [0.1, 0.15) is 5.82 Å². The van der Waals surface area contributed by atoms with Gasteiger partial charge in [-0.3, -0.25) is 14.5 Å². The number of hydrogen-bond acceptors (Lipinski definition) is 5. The van der Waals surface area contributed by atoms with Crippen LogP contribution in [0.5, 0.6) is 0 Å². The van der Waals surface area contributed by atoms with Crippen molar-refractivity contribution in [2.75, 3.05) is 31.5 Å². The number of carboxylic acid groups (broad SMARTS) is 1. The van der Waals surface area contributed by atoms with Crippen LogP contribution in [0, 0.1) is 0 Å². The number of amides is 1. The summed E-state index contributed by atoms with van der Waals surface area (Å²) in [6.07, 6.45) is 7.22. The molecule has 166 valence electrons. The fraction of sp³-hybridized carbons (Fsp3) is 0.696. The number of carbonyl (C=O) groups is 2. The zero-order valence-electron chi connectivity index (χ0n) is 18.4. The lowest BCUT2D eigenvalue weighted by Gasteiger charge is -2.46. The lowest BCUT2D eigenvalue weighted by atomic mass is 10.0. The average Bonchev–Trinajstić information content (AvgIpc) is 2.76. The van der Waals surface area contributed by atoms with E-state index in [1.165, 1.54) is 12.0 Å². The molecule has 2 unspecified atom stereocenters. The highest BCUT2D eigenvalue weighted by atomic mass is 16.4. The summed E-state index contributed by atoms with van der Waals surface area (Å²) in [6.45, 7) is 6.46. The molecule has 1 aromatic heterocycles. The number of anilines is 1.